The van der Waals surface area contributed by atoms with Crippen LogP contribution in [-0.2, 0) is 0 Å². The van der Waals surface area contributed by atoms with Crippen LogP contribution in [0.15, 0.2) is 46.3 Å². The molecule has 0 atom stereocenters. The molecule has 2 heterocycles. The molecule has 1 N–H and O–H groups in total. The number of aromatic amines is 1. The van der Waals surface area contributed by atoms with Crippen molar-refractivity contribution in [1.82, 2.24) is 14.9 Å². The van der Waals surface area contributed by atoms with Crippen LogP contribution in [0.3, 0.4) is 0 Å². The number of carbonyl (C=O) groups is 1. The SMILES string of the molecule is Cc1ccccc1SC1CCN(C(=O)c2c[nH]c(=O)cn2)CC1. The molecule has 6 heteroatoms. The van der Waals surface area contributed by atoms with E-state index in [1.54, 1.807) is 0 Å². The number of nitrogens with one attached hydrogen (secondary N) is 1. The molecule has 0 radical (unpaired) electrons. The monoisotopic (exact) mass is 329 g/mol. The van der Waals surface area contributed by atoms with Gasteiger partial charge in [-0.25, -0.2) is 4.98 Å². The average molecular weight is 329 g/mol. The predicted molar refractivity (Wildman–Crippen MR) is 90.8 cm³/mol. The van der Waals surface area contributed by atoms with E-state index in [2.05, 4.69) is 41.2 Å². The number of likely N-dealkylation sites (tertiary alicyclic amines) is 1. The van der Waals surface area contributed by atoms with E-state index in [1.165, 1.54) is 16.7 Å². The van der Waals surface area contributed by atoms with Gasteiger partial charge in [-0.2, -0.15) is 0 Å². The van der Waals surface area contributed by atoms with Crippen molar-refractivity contribution in [3.05, 3.63) is 58.3 Å². The summed E-state index contributed by atoms with van der Waals surface area (Å²) in [6.07, 6.45) is 4.47. The highest BCUT2D eigenvalue weighted by molar-refractivity contribution is 8.00. The van der Waals surface area contributed by atoms with Crippen molar-refractivity contribution < 1.29 is 4.79 Å². The van der Waals surface area contributed by atoms with E-state index in [0.717, 1.165) is 32.1 Å². The number of benzene rings is 1. The Kier molecular flexibility index (Phi) is 4.81. The number of nitrogens with zero attached hydrogens (tertiary/aromatic N) is 2. The van der Waals surface area contributed by atoms with Crippen molar-refractivity contribution in [3.8, 4) is 0 Å². The Balaban J connectivity index is 1.58. The summed E-state index contributed by atoms with van der Waals surface area (Å²) >= 11 is 1.90. The summed E-state index contributed by atoms with van der Waals surface area (Å²) in [5.74, 6) is -0.111. The third-order valence-corrected chi connectivity index (χ3v) is 5.52. The lowest BCUT2D eigenvalue weighted by molar-refractivity contribution is 0.0721. The summed E-state index contributed by atoms with van der Waals surface area (Å²) in [6.45, 7) is 3.58. The predicted octanol–water partition coefficient (Wildman–Crippen LogP) is 2.48. The molecule has 23 heavy (non-hydrogen) atoms. The van der Waals surface area contributed by atoms with E-state index in [9.17, 15) is 9.59 Å². The van der Waals surface area contributed by atoms with Gasteiger partial charge in [0.2, 0.25) is 0 Å². The minimum atomic E-state index is -0.296. The molecule has 120 valence electrons. The molecule has 0 spiro atoms. The lowest BCUT2D eigenvalue weighted by atomic mass is 10.1. The molecule has 0 bridgehead atoms. The second-order valence-electron chi connectivity index (χ2n) is 5.67. The summed E-state index contributed by atoms with van der Waals surface area (Å²) in [7, 11) is 0. The van der Waals surface area contributed by atoms with E-state index in [-0.39, 0.29) is 11.5 Å². The number of aryl methyl sites for hydroxylation is 1. The Hall–Kier alpha value is -2.08. The fourth-order valence-electron chi connectivity index (χ4n) is 2.67. The van der Waals surface area contributed by atoms with Crippen molar-refractivity contribution in [2.24, 2.45) is 0 Å². The fourth-order valence-corrected chi connectivity index (χ4v) is 3.88. The Bertz CT molecular complexity index is 731. The molecule has 2 aromatic rings. The van der Waals surface area contributed by atoms with Gasteiger partial charge in [0.25, 0.3) is 11.5 Å². The summed E-state index contributed by atoms with van der Waals surface area (Å²) in [5, 5.41) is 0.531. The number of rotatable bonds is 3. The molecule has 5 nitrogen and oxygen atoms in total. The molecule has 1 saturated heterocycles. The molecule has 1 fully saturated rings. The second kappa shape index (κ2) is 7.00. The Labute approximate surface area is 139 Å². The van der Waals surface area contributed by atoms with Crippen molar-refractivity contribution in [3.63, 3.8) is 0 Å². The topological polar surface area (TPSA) is 66.1 Å². The first-order chi connectivity index (χ1) is 11.1. The highest BCUT2D eigenvalue weighted by atomic mass is 32.2. The first-order valence-electron chi connectivity index (χ1n) is 7.70. The number of aromatic nitrogens is 2. The molecule has 1 aliphatic rings. The van der Waals surface area contributed by atoms with Gasteiger partial charge in [0.05, 0.1) is 6.20 Å². The highest BCUT2D eigenvalue weighted by Crippen LogP contribution is 2.32. The maximum atomic E-state index is 12.4. The van der Waals surface area contributed by atoms with Crippen LogP contribution in [0.2, 0.25) is 0 Å². The van der Waals surface area contributed by atoms with Gasteiger partial charge in [-0.05, 0) is 31.4 Å². The van der Waals surface area contributed by atoms with Gasteiger partial charge in [-0.15, -0.1) is 11.8 Å². The van der Waals surface area contributed by atoms with Gasteiger partial charge in [0.15, 0.2) is 0 Å². The lowest BCUT2D eigenvalue weighted by Crippen LogP contribution is -2.39. The van der Waals surface area contributed by atoms with Gasteiger partial charge >= 0.3 is 0 Å². The molecule has 3 rings (SSSR count). The first kappa shape index (κ1) is 15.8. The number of thioether (sulfide) groups is 1. The van der Waals surface area contributed by atoms with Crippen molar-refractivity contribution in [2.75, 3.05) is 13.1 Å². The van der Waals surface area contributed by atoms with E-state index in [0.29, 0.717) is 10.9 Å². The van der Waals surface area contributed by atoms with Crippen molar-refractivity contribution >= 4 is 17.7 Å². The summed E-state index contributed by atoms with van der Waals surface area (Å²) in [5.41, 5.74) is 1.30. The Morgan fingerprint density at radius 3 is 2.70 bits per heavy atom. The maximum absolute atomic E-state index is 12.4. The second-order valence-corrected chi connectivity index (χ2v) is 7.01. The number of amides is 1. The summed E-state index contributed by atoms with van der Waals surface area (Å²) in [6, 6.07) is 8.40. The zero-order valence-corrected chi connectivity index (χ0v) is 13.8. The summed E-state index contributed by atoms with van der Waals surface area (Å²) in [4.78, 5) is 32.9. The average Bonchev–Trinajstić information content (AvgIpc) is 2.58. The Morgan fingerprint density at radius 2 is 2.04 bits per heavy atom. The molecular weight excluding hydrogens is 310 g/mol. The highest BCUT2D eigenvalue weighted by Gasteiger charge is 2.25. The zero-order valence-electron chi connectivity index (χ0n) is 13.0. The van der Waals surface area contributed by atoms with Gasteiger partial charge in [0.1, 0.15) is 5.69 Å². The van der Waals surface area contributed by atoms with Gasteiger partial charge in [0, 0.05) is 29.4 Å². The van der Waals surface area contributed by atoms with Crippen LogP contribution < -0.4 is 5.56 Å². The van der Waals surface area contributed by atoms with Crippen LogP contribution in [-0.4, -0.2) is 39.1 Å². The van der Waals surface area contributed by atoms with E-state index >= 15 is 0 Å². The quantitative estimate of drug-likeness (QED) is 0.939. The molecule has 0 saturated carbocycles. The largest absolute Gasteiger partial charge is 0.337 e. The third kappa shape index (κ3) is 3.82. The van der Waals surface area contributed by atoms with Crippen LogP contribution in [0.25, 0.3) is 0 Å². The Morgan fingerprint density at radius 1 is 1.30 bits per heavy atom. The number of hydrogen-bond acceptors (Lipinski definition) is 4. The van der Waals surface area contributed by atoms with E-state index < -0.39 is 0 Å². The molecule has 0 unspecified atom stereocenters. The van der Waals surface area contributed by atoms with Crippen LogP contribution in [0, 0.1) is 6.92 Å². The molecule has 0 aliphatic carbocycles. The van der Waals surface area contributed by atoms with Crippen molar-refractivity contribution in [1.29, 1.82) is 0 Å². The smallest absolute Gasteiger partial charge is 0.273 e. The molecular formula is C17H19N3O2S. The third-order valence-electron chi connectivity index (χ3n) is 4.01. The summed E-state index contributed by atoms with van der Waals surface area (Å²) < 4.78 is 0. The van der Waals surface area contributed by atoms with Crippen molar-refractivity contribution in [2.45, 2.75) is 29.9 Å². The minimum Gasteiger partial charge on any atom is -0.337 e. The minimum absolute atomic E-state index is 0.111. The zero-order chi connectivity index (χ0) is 16.2. The van der Waals surface area contributed by atoms with Crippen LogP contribution in [0.4, 0.5) is 0 Å². The van der Waals surface area contributed by atoms with Crippen LogP contribution >= 0.6 is 11.8 Å². The number of piperidine rings is 1. The van der Waals surface area contributed by atoms with Gasteiger partial charge < -0.3 is 9.88 Å². The standard InChI is InChI=1S/C17H19N3O2S/c1-12-4-2-3-5-15(12)23-13-6-8-20(9-7-13)17(22)14-10-19-16(21)11-18-14/h2-5,10-11,13H,6-9H2,1H3,(H,19,21). The number of hydrogen-bond donors (Lipinski definition) is 1. The van der Waals surface area contributed by atoms with Gasteiger partial charge in [-0.3, -0.25) is 9.59 Å². The number of H-pyrrole nitrogens is 1. The molecule has 1 aromatic carbocycles. The van der Waals surface area contributed by atoms with Crippen LogP contribution in [0.5, 0.6) is 0 Å². The lowest BCUT2D eigenvalue weighted by Gasteiger charge is -2.31. The van der Waals surface area contributed by atoms with E-state index in [1.807, 2.05) is 16.7 Å². The number of carbonyl (C=O) groups excluding carboxylic acids is 1. The molecule has 1 aliphatic heterocycles. The van der Waals surface area contributed by atoms with Crippen LogP contribution in [0.1, 0.15) is 28.9 Å². The van der Waals surface area contributed by atoms with E-state index in [4.69, 9.17) is 0 Å². The fraction of sp³-hybridized carbons (Fsp3) is 0.353. The maximum Gasteiger partial charge on any atom is 0.273 e. The van der Waals surface area contributed by atoms with Gasteiger partial charge in [-0.1, -0.05) is 18.2 Å². The molecule has 1 aromatic heterocycles. The first-order valence-corrected chi connectivity index (χ1v) is 8.58. The normalized spacial score (nSPS) is 15.6. The molecule has 1 amide bonds.